The predicted octanol–water partition coefficient (Wildman–Crippen LogP) is 3.62. The van der Waals surface area contributed by atoms with Crippen LogP contribution >= 0.6 is 0 Å². The van der Waals surface area contributed by atoms with Crippen LogP contribution in [-0.2, 0) is 0 Å². The Hall–Kier alpha value is -2.21. The quantitative estimate of drug-likeness (QED) is 0.892. The van der Waals surface area contributed by atoms with Gasteiger partial charge >= 0.3 is 0 Å². The Labute approximate surface area is 152 Å². The van der Waals surface area contributed by atoms with E-state index in [4.69, 9.17) is 4.52 Å². The molecule has 2 aromatic rings. The predicted molar refractivity (Wildman–Crippen MR) is 96.2 cm³/mol. The molecule has 6 heteroatoms. The molecule has 0 unspecified atom stereocenters. The van der Waals surface area contributed by atoms with Crippen molar-refractivity contribution >= 4 is 5.91 Å². The van der Waals surface area contributed by atoms with Gasteiger partial charge in [-0.1, -0.05) is 23.7 Å². The van der Waals surface area contributed by atoms with Crippen LogP contribution in [0.4, 0.5) is 4.39 Å². The molecule has 5 nitrogen and oxygen atoms in total. The van der Waals surface area contributed by atoms with E-state index in [0.29, 0.717) is 11.3 Å². The molecule has 1 aromatic carbocycles. The van der Waals surface area contributed by atoms with Gasteiger partial charge in [0.05, 0.1) is 6.04 Å². The molecule has 26 heavy (non-hydrogen) atoms. The first kappa shape index (κ1) is 17.2. The fraction of sp³-hybridized carbons (Fsp3) is 0.500. The van der Waals surface area contributed by atoms with Gasteiger partial charge in [-0.25, -0.2) is 4.39 Å². The second-order valence-corrected chi connectivity index (χ2v) is 7.51. The number of benzene rings is 1. The van der Waals surface area contributed by atoms with Crippen LogP contribution in [-0.4, -0.2) is 40.6 Å². The molecule has 0 aliphatic carbocycles. The van der Waals surface area contributed by atoms with E-state index in [1.807, 2.05) is 4.90 Å². The Balaban J connectivity index is 1.60. The molecule has 2 aliphatic heterocycles. The smallest absolute Gasteiger partial charge is 0.292 e. The van der Waals surface area contributed by atoms with E-state index in [1.54, 1.807) is 24.3 Å². The summed E-state index contributed by atoms with van der Waals surface area (Å²) in [6.45, 7) is 3.93. The minimum absolute atomic E-state index is 0.0567. The minimum atomic E-state index is -0.377. The van der Waals surface area contributed by atoms with Gasteiger partial charge in [-0.15, -0.1) is 0 Å². The molecule has 1 amide bonds. The van der Waals surface area contributed by atoms with Crippen LogP contribution in [0, 0.1) is 5.82 Å². The average Bonchev–Trinajstić information content (AvgIpc) is 3.03. The third kappa shape index (κ3) is 3.03. The Morgan fingerprint density at radius 2 is 2.19 bits per heavy atom. The number of carbonyl (C=O) groups is 1. The van der Waals surface area contributed by atoms with Gasteiger partial charge in [0.1, 0.15) is 11.5 Å². The van der Waals surface area contributed by atoms with Gasteiger partial charge < -0.3 is 14.7 Å². The summed E-state index contributed by atoms with van der Waals surface area (Å²) in [5.41, 5.74) is 0.638. The lowest BCUT2D eigenvalue weighted by Gasteiger charge is -2.47. The van der Waals surface area contributed by atoms with E-state index >= 15 is 0 Å². The summed E-state index contributed by atoms with van der Waals surface area (Å²) in [7, 11) is 0. The highest BCUT2D eigenvalue weighted by atomic mass is 19.1. The monoisotopic (exact) mass is 357 g/mol. The first-order chi connectivity index (χ1) is 12.6. The molecular formula is C20H24FN3O2. The standard InChI is InChI=1S/C20H24FN3O2/c1-20-10-6-12-24(18(20)9-4-5-11-22-20)19(25)17-13-16(23-26-17)14-7-2-3-8-15(14)21/h2-3,7-8,13,18,22H,4-6,9-12H2,1H3/t18-,20-/m0/s1. The van der Waals surface area contributed by atoms with Crippen LogP contribution in [0.1, 0.15) is 49.6 Å². The van der Waals surface area contributed by atoms with Crippen molar-refractivity contribution in [1.29, 1.82) is 0 Å². The van der Waals surface area contributed by atoms with Crippen molar-refractivity contribution in [2.24, 2.45) is 0 Å². The molecule has 2 aliphatic rings. The number of hydrogen-bond donors (Lipinski definition) is 1. The maximum Gasteiger partial charge on any atom is 0.292 e. The molecule has 2 saturated heterocycles. The van der Waals surface area contributed by atoms with E-state index in [9.17, 15) is 9.18 Å². The zero-order valence-corrected chi connectivity index (χ0v) is 15.0. The minimum Gasteiger partial charge on any atom is -0.350 e. The number of nitrogens with one attached hydrogen (secondary N) is 1. The normalized spacial score (nSPS) is 26.2. The Kier molecular flexibility index (Phi) is 4.53. The lowest BCUT2D eigenvalue weighted by Crippen LogP contribution is -2.62. The first-order valence-corrected chi connectivity index (χ1v) is 9.36. The zero-order valence-electron chi connectivity index (χ0n) is 15.0. The second kappa shape index (κ2) is 6.83. The number of halogens is 1. The molecule has 0 spiro atoms. The van der Waals surface area contributed by atoms with Gasteiger partial charge in [0.2, 0.25) is 5.76 Å². The van der Waals surface area contributed by atoms with Crippen LogP contribution in [0.25, 0.3) is 11.3 Å². The van der Waals surface area contributed by atoms with Gasteiger partial charge in [-0.2, -0.15) is 0 Å². The molecule has 4 rings (SSSR count). The summed E-state index contributed by atoms with van der Waals surface area (Å²) in [6.07, 6.45) is 5.25. The number of amides is 1. The third-order valence-corrected chi connectivity index (χ3v) is 5.77. The van der Waals surface area contributed by atoms with Crippen molar-refractivity contribution in [1.82, 2.24) is 15.4 Å². The summed E-state index contributed by atoms with van der Waals surface area (Å²) in [4.78, 5) is 15.0. The highest BCUT2D eigenvalue weighted by Crippen LogP contribution is 2.34. The fourth-order valence-corrected chi connectivity index (χ4v) is 4.36. The average molecular weight is 357 g/mol. The topological polar surface area (TPSA) is 58.4 Å². The Morgan fingerprint density at radius 1 is 1.35 bits per heavy atom. The molecule has 0 saturated carbocycles. The van der Waals surface area contributed by atoms with Crippen LogP contribution < -0.4 is 5.32 Å². The van der Waals surface area contributed by atoms with E-state index in [2.05, 4.69) is 17.4 Å². The Morgan fingerprint density at radius 3 is 3.04 bits per heavy atom. The Bertz CT molecular complexity index is 806. The molecule has 1 N–H and O–H groups in total. The van der Waals surface area contributed by atoms with Gasteiger partial charge in [-0.05, 0) is 51.3 Å². The molecule has 138 valence electrons. The fourth-order valence-electron chi connectivity index (χ4n) is 4.36. The highest BCUT2D eigenvalue weighted by molar-refractivity contribution is 5.92. The number of rotatable bonds is 2. The largest absolute Gasteiger partial charge is 0.350 e. The van der Waals surface area contributed by atoms with Crippen LogP contribution in [0.2, 0.25) is 0 Å². The van der Waals surface area contributed by atoms with Gasteiger partial charge in [0.15, 0.2) is 0 Å². The third-order valence-electron chi connectivity index (χ3n) is 5.77. The van der Waals surface area contributed by atoms with Crippen molar-refractivity contribution < 1.29 is 13.7 Å². The number of carbonyl (C=O) groups excluding carboxylic acids is 1. The number of piperidine rings is 1. The van der Waals surface area contributed by atoms with Crippen LogP contribution in [0.5, 0.6) is 0 Å². The maximum atomic E-state index is 14.0. The van der Waals surface area contributed by atoms with Gasteiger partial charge in [-0.3, -0.25) is 4.79 Å². The van der Waals surface area contributed by atoms with Crippen molar-refractivity contribution in [2.45, 2.75) is 50.6 Å². The summed E-state index contributed by atoms with van der Waals surface area (Å²) >= 11 is 0. The first-order valence-electron chi connectivity index (χ1n) is 9.36. The van der Waals surface area contributed by atoms with Crippen LogP contribution in [0.3, 0.4) is 0 Å². The molecular weight excluding hydrogens is 333 g/mol. The van der Waals surface area contributed by atoms with Crippen molar-refractivity contribution in [3.63, 3.8) is 0 Å². The second-order valence-electron chi connectivity index (χ2n) is 7.51. The molecule has 2 atom stereocenters. The maximum absolute atomic E-state index is 14.0. The lowest BCUT2D eigenvalue weighted by atomic mass is 9.81. The number of aromatic nitrogens is 1. The number of likely N-dealkylation sites (tertiary alicyclic amines) is 1. The van der Waals surface area contributed by atoms with E-state index in [1.165, 1.54) is 6.07 Å². The molecule has 3 heterocycles. The van der Waals surface area contributed by atoms with E-state index < -0.39 is 0 Å². The summed E-state index contributed by atoms with van der Waals surface area (Å²) < 4.78 is 19.3. The van der Waals surface area contributed by atoms with E-state index in [0.717, 1.165) is 45.2 Å². The number of hydrogen-bond acceptors (Lipinski definition) is 4. The SMILES string of the molecule is C[C@]12CCCN(C(=O)c3cc(-c4ccccc4F)no3)[C@H]1CCCCN2. The summed E-state index contributed by atoms with van der Waals surface area (Å²) in [6, 6.07) is 8.07. The van der Waals surface area contributed by atoms with Crippen molar-refractivity contribution in [3.05, 3.63) is 41.9 Å². The van der Waals surface area contributed by atoms with Crippen LogP contribution in [0.15, 0.2) is 34.9 Å². The number of nitrogens with zero attached hydrogens (tertiary/aromatic N) is 2. The molecule has 2 fully saturated rings. The van der Waals surface area contributed by atoms with Crippen molar-refractivity contribution in [3.8, 4) is 11.3 Å². The number of fused-ring (bicyclic) bond motifs is 1. The zero-order chi connectivity index (χ0) is 18.1. The summed E-state index contributed by atoms with van der Waals surface area (Å²) in [5.74, 6) is -0.352. The van der Waals surface area contributed by atoms with Crippen molar-refractivity contribution in [2.75, 3.05) is 13.1 Å². The molecule has 0 bridgehead atoms. The lowest BCUT2D eigenvalue weighted by molar-refractivity contribution is 0.0344. The van der Waals surface area contributed by atoms with Gasteiger partial charge in [0, 0.05) is 23.7 Å². The summed E-state index contributed by atoms with van der Waals surface area (Å²) in [5, 5.41) is 7.57. The highest BCUT2D eigenvalue weighted by Gasteiger charge is 2.44. The van der Waals surface area contributed by atoms with E-state index in [-0.39, 0.29) is 29.1 Å². The molecule has 1 aromatic heterocycles. The molecule has 0 radical (unpaired) electrons. The van der Waals surface area contributed by atoms with Gasteiger partial charge in [0.25, 0.3) is 5.91 Å².